The molecule has 8 N–H and O–H groups in total. The molecular weight excluding hydrogens is 457 g/mol. The summed E-state index contributed by atoms with van der Waals surface area (Å²) in [6.07, 6.45) is -0.967. The monoisotopic (exact) mass is 497 g/mol. The average molecular weight is 498 g/mol. The molecule has 35 heavy (non-hydrogen) atoms. The highest BCUT2D eigenvalue weighted by Gasteiger charge is 2.40. The summed E-state index contributed by atoms with van der Waals surface area (Å²) in [7, 11) is 0. The highest BCUT2D eigenvalue weighted by molar-refractivity contribution is 5.96. The van der Waals surface area contributed by atoms with Crippen molar-refractivity contribution in [3.05, 3.63) is 29.6 Å². The number of hydrogen-bond donors (Lipinski definition) is 5. The normalized spacial score (nSPS) is 18.5. The number of primary amides is 1. The van der Waals surface area contributed by atoms with Crippen molar-refractivity contribution in [2.45, 2.75) is 65.3 Å². The van der Waals surface area contributed by atoms with Crippen LogP contribution in [0.1, 0.15) is 46.6 Å². The van der Waals surface area contributed by atoms with Crippen LogP contribution in [0, 0.1) is 17.7 Å². The number of benzene rings is 1. The second-order valence-electron chi connectivity index (χ2n) is 9.91. The topological polar surface area (TPSA) is 176 Å². The van der Waals surface area contributed by atoms with Gasteiger partial charge in [0.15, 0.2) is 0 Å². The largest absolute Gasteiger partial charge is 0.481 e. The predicted molar refractivity (Wildman–Crippen MR) is 132 cm³/mol. The second-order valence-corrected chi connectivity index (χ2v) is 9.91. The summed E-state index contributed by atoms with van der Waals surface area (Å²) in [5.41, 5.74) is 17.3. The van der Waals surface area contributed by atoms with E-state index in [1.54, 1.807) is 19.9 Å². The third-order valence-electron chi connectivity index (χ3n) is 6.10. The molecule has 3 unspecified atom stereocenters. The van der Waals surface area contributed by atoms with Crippen LogP contribution in [0.4, 0.5) is 10.1 Å². The molecule has 0 aromatic heterocycles. The van der Waals surface area contributed by atoms with Gasteiger partial charge < -0.3 is 32.3 Å². The number of rotatable bonds is 9. The molecule has 1 aromatic carbocycles. The zero-order valence-electron chi connectivity index (χ0n) is 21.2. The number of carboxylic acid groups (broad SMARTS) is 1. The van der Waals surface area contributed by atoms with Crippen LogP contribution in [0.2, 0.25) is 0 Å². The van der Waals surface area contributed by atoms with E-state index in [0.29, 0.717) is 17.8 Å². The number of amides is 2. The van der Waals surface area contributed by atoms with Crippen molar-refractivity contribution in [2.24, 2.45) is 29.0 Å². The van der Waals surface area contributed by atoms with Gasteiger partial charge >= 0.3 is 5.97 Å². The van der Waals surface area contributed by atoms with Crippen molar-refractivity contribution >= 4 is 23.5 Å². The maximum Gasteiger partial charge on any atom is 0.306 e. The van der Waals surface area contributed by atoms with Gasteiger partial charge in [-0.25, -0.2) is 4.39 Å². The summed E-state index contributed by atoms with van der Waals surface area (Å²) in [6, 6.07) is 3.50. The molecule has 0 spiro atoms. The summed E-state index contributed by atoms with van der Waals surface area (Å²) in [4.78, 5) is 37.2. The first-order valence-electron chi connectivity index (χ1n) is 11.6. The van der Waals surface area contributed by atoms with E-state index < -0.39 is 35.4 Å². The first kappa shape index (κ1) is 30.4. The summed E-state index contributed by atoms with van der Waals surface area (Å²) >= 11 is 0. The van der Waals surface area contributed by atoms with Gasteiger partial charge in [0.05, 0.1) is 24.3 Å². The summed E-state index contributed by atoms with van der Waals surface area (Å²) in [6.45, 7) is 9.68. The van der Waals surface area contributed by atoms with Gasteiger partial charge in [-0.1, -0.05) is 26.8 Å². The molecule has 1 aliphatic rings. The van der Waals surface area contributed by atoms with Crippen LogP contribution in [-0.4, -0.2) is 70.2 Å². The molecule has 198 valence electrons. The van der Waals surface area contributed by atoms with Crippen molar-refractivity contribution in [2.75, 3.05) is 24.5 Å². The van der Waals surface area contributed by atoms with E-state index in [4.69, 9.17) is 22.3 Å². The molecule has 0 radical (unpaired) electrons. The molecule has 3 atom stereocenters. The fourth-order valence-corrected chi connectivity index (χ4v) is 3.54. The Labute approximate surface area is 206 Å². The molecule has 1 saturated heterocycles. The quantitative estimate of drug-likeness (QED) is 0.330. The lowest BCUT2D eigenvalue weighted by Crippen LogP contribution is -2.64. The minimum Gasteiger partial charge on any atom is -0.481 e. The second kappa shape index (κ2) is 12.9. The van der Waals surface area contributed by atoms with Gasteiger partial charge in [0.25, 0.3) is 0 Å². The maximum absolute atomic E-state index is 13.8. The molecule has 1 heterocycles. The molecular formula is C24H40FN5O5. The standard InChI is InChI=1S/C20H31FN4O4.C4H9NO/c1-12(19(28)29)6-17(26)15(23)9-24-10-18(27)25(11-20(24,2)3)16-7-14(21)5-4-13(16)8-22;1-3(2)4(5)6/h4-5,7,12,15,17,26H,6,8-11,22-23H2,1-3H3,(H,28,29);3H,1-2H3,(H2,5,6). The van der Waals surface area contributed by atoms with Crippen molar-refractivity contribution in [3.8, 4) is 0 Å². The number of anilines is 1. The number of carboxylic acids is 1. The Balaban J connectivity index is 0.000000905. The number of piperazine rings is 1. The van der Waals surface area contributed by atoms with Crippen molar-refractivity contribution < 1.29 is 29.0 Å². The van der Waals surface area contributed by atoms with E-state index in [0.717, 1.165) is 0 Å². The van der Waals surface area contributed by atoms with Crippen LogP contribution in [0.5, 0.6) is 0 Å². The van der Waals surface area contributed by atoms with Gasteiger partial charge in [-0.15, -0.1) is 0 Å². The Morgan fingerprint density at radius 3 is 2.29 bits per heavy atom. The lowest BCUT2D eigenvalue weighted by molar-refractivity contribution is -0.142. The lowest BCUT2D eigenvalue weighted by Gasteiger charge is -2.48. The maximum atomic E-state index is 13.8. The number of hydrogen-bond acceptors (Lipinski definition) is 7. The Morgan fingerprint density at radius 2 is 1.80 bits per heavy atom. The molecule has 10 nitrogen and oxygen atoms in total. The minimum absolute atomic E-state index is 0.00926. The number of carbonyl (C=O) groups excluding carboxylic acids is 2. The molecule has 1 aromatic rings. The predicted octanol–water partition coefficient (Wildman–Crippen LogP) is 0.638. The third-order valence-corrected chi connectivity index (χ3v) is 6.10. The Morgan fingerprint density at radius 1 is 1.23 bits per heavy atom. The highest BCUT2D eigenvalue weighted by atomic mass is 19.1. The van der Waals surface area contributed by atoms with Crippen LogP contribution < -0.4 is 22.1 Å². The Kier molecular flexibility index (Phi) is 11.2. The summed E-state index contributed by atoms with van der Waals surface area (Å²) in [5.74, 6) is -2.62. The van der Waals surface area contributed by atoms with Gasteiger partial charge in [-0.2, -0.15) is 0 Å². The average Bonchev–Trinajstić information content (AvgIpc) is 2.76. The zero-order valence-corrected chi connectivity index (χ0v) is 21.2. The molecule has 2 rings (SSSR count). The first-order valence-corrected chi connectivity index (χ1v) is 11.6. The fraction of sp³-hybridized carbons (Fsp3) is 0.625. The molecule has 0 aliphatic carbocycles. The number of nitrogens with zero attached hydrogens (tertiary/aromatic N) is 2. The molecule has 11 heteroatoms. The van der Waals surface area contributed by atoms with E-state index in [9.17, 15) is 23.9 Å². The Hall–Kier alpha value is -2.60. The van der Waals surface area contributed by atoms with E-state index in [1.807, 2.05) is 18.7 Å². The molecule has 1 aliphatic heterocycles. The first-order chi connectivity index (χ1) is 16.1. The number of nitrogens with two attached hydrogens (primary N) is 3. The van der Waals surface area contributed by atoms with Gasteiger partial charge in [-0.3, -0.25) is 19.3 Å². The number of aliphatic hydroxyl groups is 1. The number of carbonyl (C=O) groups is 3. The fourth-order valence-electron chi connectivity index (χ4n) is 3.54. The van der Waals surface area contributed by atoms with Crippen molar-refractivity contribution in [1.82, 2.24) is 4.90 Å². The van der Waals surface area contributed by atoms with Crippen molar-refractivity contribution in [3.63, 3.8) is 0 Å². The van der Waals surface area contributed by atoms with E-state index in [1.165, 1.54) is 24.0 Å². The van der Waals surface area contributed by atoms with Crippen LogP contribution in [0.25, 0.3) is 0 Å². The van der Waals surface area contributed by atoms with Gasteiger partial charge in [0, 0.05) is 37.1 Å². The van der Waals surface area contributed by atoms with Crippen LogP contribution in [0.15, 0.2) is 18.2 Å². The highest BCUT2D eigenvalue weighted by Crippen LogP contribution is 2.30. The summed E-state index contributed by atoms with van der Waals surface area (Å²) in [5, 5.41) is 19.3. The number of aliphatic carboxylic acids is 1. The number of halogens is 1. The number of aliphatic hydroxyl groups excluding tert-OH is 1. The van der Waals surface area contributed by atoms with E-state index in [-0.39, 0.29) is 43.8 Å². The molecule has 1 fully saturated rings. The molecule has 0 saturated carbocycles. The lowest BCUT2D eigenvalue weighted by atomic mass is 9.94. The van der Waals surface area contributed by atoms with Crippen molar-refractivity contribution in [1.29, 1.82) is 0 Å². The van der Waals surface area contributed by atoms with Gasteiger partial charge in [0.1, 0.15) is 5.82 Å². The van der Waals surface area contributed by atoms with Crippen LogP contribution in [-0.2, 0) is 20.9 Å². The molecule has 2 amide bonds. The molecule has 0 bridgehead atoms. The van der Waals surface area contributed by atoms with Crippen LogP contribution in [0.3, 0.4) is 0 Å². The van der Waals surface area contributed by atoms with Crippen LogP contribution >= 0.6 is 0 Å². The Bertz CT molecular complexity index is 895. The third kappa shape index (κ3) is 8.84. The van der Waals surface area contributed by atoms with Gasteiger partial charge in [-0.05, 0) is 38.0 Å². The zero-order chi connectivity index (χ0) is 27.1. The van der Waals surface area contributed by atoms with E-state index >= 15 is 0 Å². The van der Waals surface area contributed by atoms with Gasteiger partial charge in [0.2, 0.25) is 11.8 Å². The minimum atomic E-state index is -1.00. The summed E-state index contributed by atoms with van der Waals surface area (Å²) < 4.78 is 13.8. The SMILES string of the molecule is CC(C)C(N)=O.CC(CC(O)C(N)CN1CC(=O)N(c2cc(F)ccc2CN)CC1(C)C)C(=O)O. The smallest absolute Gasteiger partial charge is 0.306 e. The van der Waals surface area contributed by atoms with E-state index in [2.05, 4.69) is 0 Å².